The molecule has 0 bridgehead atoms. The van der Waals surface area contributed by atoms with Crippen molar-refractivity contribution in [1.82, 2.24) is 5.32 Å². The van der Waals surface area contributed by atoms with Crippen LogP contribution >= 0.6 is 43.5 Å². The van der Waals surface area contributed by atoms with Crippen LogP contribution in [-0.2, 0) is 0 Å². The van der Waals surface area contributed by atoms with Gasteiger partial charge in [0.2, 0.25) is 0 Å². The Hall–Kier alpha value is -0.550. The van der Waals surface area contributed by atoms with E-state index in [0.717, 1.165) is 30.8 Å². The van der Waals surface area contributed by atoms with Gasteiger partial charge in [-0.15, -0.1) is 0 Å². The maximum Gasteiger partial charge on any atom is 0.133 e. The number of nitrogens with one attached hydrogen (secondary N) is 1. The maximum atomic E-state index is 6.13. The summed E-state index contributed by atoms with van der Waals surface area (Å²) < 4.78 is 7.52. The van der Waals surface area contributed by atoms with Crippen LogP contribution in [-0.4, -0.2) is 13.7 Å². The summed E-state index contributed by atoms with van der Waals surface area (Å²) in [6.07, 6.45) is 0. The Kier molecular flexibility index (Phi) is 6.11. The van der Waals surface area contributed by atoms with Gasteiger partial charge in [0.1, 0.15) is 5.75 Å². The van der Waals surface area contributed by atoms with Gasteiger partial charge in [-0.2, -0.15) is 0 Å². The van der Waals surface area contributed by atoms with Gasteiger partial charge in [0, 0.05) is 9.50 Å². The van der Waals surface area contributed by atoms with E-state index >= 15 is 0 Å². The van der Waals surface area contributed by atoms with Crippen LogP contribution in [0, 0.1) is 0 Å². The molecule has 5 heteroatoms. The molecule has 1 unspecified atom stereocenters. The second-order valence-electron chi connectivity index (χ2n) is 4.51. The highest BCUT2D eigenvalue weighted by Gasteiger charge is 2.17. The molecule has 1 N–H and O–H groups in total. The Morgan fingerprint density at radius 3 is 2.52 bits per heavy atom. The summed E-state index contributed by atoms with van der Waals surface area (Å²) in [6.45, 7) is 2.62. The summed E-state index contributed by atoms with van der Waals surface area (Å²) in [5.41, 5.74) is 2.23. The SMILES string of the molecule is CCOc1ccc(C(NC)c2cc(Cl)ccc2Br)cc1Br. The zero-order chi connectivity index (χ0) is 15.4. The van der Waals surface area contributed by atoms with E-state index < -0.39 is 0 Å². The molecule has 2 aromatic carbocycles. The van der Waals surface area contributed by atoms with Gasteiger partial charge in [-0.05, 0) is 71.4 Å². The first kappa shape index (κ1) is 16.8. The zero-order valence-electron chi connectivity index (χ0n) is 11.8. The second-order valence-corrected chi connectivity index (χ2v) is 6.66. The lowest BCUT2D eigenvalue weighted by Gasteiger charge is -2.20. The highest BCUT2D eigenvalue weighted by atomic mass is 79.9. The fraction of sp³-hybridized carbons (Fsp3) is 0.250. The van der Waals surface area contributed by atoms with Gasteiger partial charge >= 0.3 is 0 Å². The highest BCUT2D eigenvalue weighted by molar-refractivity contribution is 9.10. The van der Waals surface area contributed by atoms with Crippen LogP contribution in [0.4, 0.5) is 0 Å². The fourth-order valence-corrected chi connectivity index (χ4v) is 3.37. The molecule has 0 amide bonds. The predicted octanol–water partition coefficient (Wildman–Crippen LogP) is 5.57. The summed E-state index contributed by atoms with van der Waals surface area (Å²) in [7, 11) is 1.93. The van der Waals surface area contributed by atoms with Crippen LogP contribution in [0.5, 0.6) is 5.75 Å². The third kappa shape index (κ3) is 4.01. The third-order valence-corrected chi connectivity index (χ3v) is 4.72. The van der Waals surface area contributed by atoms with Crippen molar-refractivity contribution in [3.05, 3.63) is 61.5 Å². The van der Waals surface area contributed by atoms with Crippen LogP contribution in [0.3, 0.4) is 0 Å². The molecule has 0 aliphatic carbocycles. The normalized spacial score (nSPS) is 12.2. The lowest BCUT2D eigenvalue weighted by molar-refractivity contribution is 0.338. The van der Waals surface area contributed by atoms with Crippen molar-refractivity contribution >= 4 is 43.5 Å². The molecule has 0 fully saturated rings. The van der Waals surface area contributed by atoms with E-state index in [1.165, 1.54) is 0 Å². The smallest absolute Gasteiger partial charge is 0.133 e. The minimum atomic E-state index is 0.0463. The molecule has 0 heterocycles. The standard InChI is InChI=1S/C16H16Br2ClNO/c1-3-21-15-7-4-10(8-14(15)18)16(20-2)12-9-11(19)5-6-13(12)17/h4-9,16,20H,3H2,1-2H3. The predicted molar refractivity (Wildman–Crippen MR) is 95.4 cm³/mol. The Morgan fingerprint density at radius 1 is 1.14 bits per heavy atom. The van der Waals surface area contributed by atoms with Gasteiger partial charge in [-0.3, -0.25) is 0 Å². The average Bonchev–Trinajstić information content (AvgIpc) is 2.46. The molecule has 0 saturated carbocycles. The molecule has 0 spiro atoms. The van der Waals surface area contributed by atoms with Crippen molar-refractivity contribution in [2.45, 2.75) is 13.0 Å². The molecular weight excluding hydrogens is 417 g/mol. The second kappa shape index (κ2) is 7.63. The fourth-order valence-electron chi connectivity index (χ4n) is 2.21. The van der Waals surface area contributed by atoms with Crippen LogP contribution in [0.25, 0.3) is 0 Å². The first-order valence-corrected chi connectivity index (χ1v) is 8.57. The highest BCUT2D eigenvalue weighted by Crippen LogP contribution is 2.34. The van der Waals surface area contributed by atoms with E-state index in [0.29, 0.717) is 6.61 Å². The minimum Gasteiger partial charge on any atom is -0.493 e. The Bertz CT molecular complexity index is 634. The lowest BCUT2D eigenvalue weighted by atomic mass is 9.99. The quantitative estimate of drug-likeness (QED) is 0.665. The van der Waals surface area contributed by atoms with Crippen LogP contribution < -0.4 is 10.1 Å². The molecule has 2 rings (SSSR count). The summed E-state index contributed by atoms with van der Waals surface area (Å²) in [5.74, 6) is 0.848. The van der Waals surface area contributed by atoms with Crippen molar-refractivity contribution in [2.24, 2.45) is 0 Å². The van der Waals surface area contributed by atoms with Crippen molar-refractivity contribution in [3.8, 4) is 5.75 Å². The van der Waals surface area contributed by atoms with E-state index in [1.807, 2.05) is 38.2 Å². The number of halogens is 3. The van der Waals surface area contributed by atoms with Crippen molar-refractivity contribution in [1.29, 1.82) is 0 Å². The van der Waals surface area contributed by atoms with Gasteiger partial charge in [-0.1, -0.05) is 33.6 Å². The third-order valence-electron chi connectivity index (χ3n) is 3.15. The molecule has 0 aliphatic heterocycles. The molecule has 21 heavy (non-hydrogen) atoms. The van der Waals surface area contributed by atoms with Gasteiger partial charge < -0.3 is 10.1 Å². The van der Waals surface area contributed by atoms with E-state index in [-0.39, 0.29) is 6.04 Å². The molecule has 2 nitrogen and oxygen atoms in total. The van der Waals surface area contributed by atoms with Crippen LogP contribution in [0.1, 0.15) is 24.1 Å². The molecule has 1 atom stereocenters. The molecule has 0 radical (unpaired) electrons. The summed E-state index contributed by atoms with van der Waals surface area (Å²) in [5, 5.41) is 4.05. The average molecular weight is 434 g/mol. The first-order chi connectivity index (χ1) is 10.1. The van der Waals surface area contributed by atoms with E-state index in [9.17, 15) is 0 Å². The Labute approximate surface area is 147 Å². The Balaban J connectivity index is 2.42. The van der Waals surface area contributed by atoms with Gasteiger partial charge in [0.05, 0.1) is 17.1 Å². The van der Waals surface area contributed by atoms with Crippen molar-refractivity contribution in [3.63, 3.8) is 0 Å². The van der Waals surface area contributed by atoms with Crippen LogP contribution in [0.2, 0.25) is 5.02 Å². The first-order valence-electron chi connectivity index (χ1n) is 6.61. The Morgan fingerprint density at radius 2 is 1.90 bits per heavy atom. The number of hydrogen-bond donors (Lipinski definition) is 1. The monoisotopic (exact) mass is 431 g/mol. The topological polar surface area (TPSA) is 21.3 Å². The molecule has 2 aromatic rings. The number of benzene rings is 2. The minimum absolute atomic E-state index is 0.0463. The number of ether oxygens (including phenoxy) is 1. The van der Waals surface area contributed by atoms with Gasteiger partial charge in [0.25, 0.3) is 0 Å². The molecule has 112 valence electrons. The molecule has 0 aromatic heterocycles. The molecular formula is C16H16Br2ClNO. The largest absolute Gasteiger partial charge is 0.493 e. The van der Waals surface area contributed by atoms with E-state index in [4.69, 9.17) is 16.3 Å². The number of hydrogen-bond acceptors (Lipinski definition) is 2. The summed E-state index contributed by atoms with van der Waals surface area (Å²) in [4.78, 5) is 0. The number of rotatable bonds is 5. The van der Waals surface area contributed by atoms with Gasteiger partial charge in [-0.25, -0.2) is 0 Å². The summed E-state index contributed by atoms with van der Waals surface area (Å²) in [6, 6.07) is 12.0. The van der Waals surface area contributed by atoms with Crippen molar-refractivity contribution < 1.29 is 4.74 Å². The maximum absolute atomic E-state index is 6.13. The van der Waals surface area contributed by atoms with E-state index in [2.05, 4.69) is 49.3 Å². The lowest BCUT2D eigenvalue weighted by Crippen LogP contribution is -2.18. The summed E-state index contributed by atoms with van der Waals surface area (Å²) >= 11 is 13.3. The van der Waals surface area contributed by atoms with Crippen molar-refractivity contribution in [2.75, 3.05) is 13.7 Å². The van der Waals surface area contributed by atoms with E-state index in [1.54, 1.807) is 0 Å². The molecule has 0 saturated heterocycles. The zero-order valence-corrected chi connectivity index (χ0v) is 15.7. The van der Waals surface area contributed by atoms with Crippen LogP contribution in [0.15, 0.2) is 45.3 Å². The molecule has 0 aliphatic rings. The van der Waals surface area contributed by atoms with Gasteiger partial charge in [0.15, 0.2) is 0 Å².